The molecule has 10 aromatic rings. The molecule has 0 fully saturated rings. The molecular weight excluding hydrogens is 675 g/mol. The van der Waals surface area contributed by atoms with Crippen LogP contribution in [0.3, 0.4) is 0 Å². The number of pyridine rings is 2. The number of para-hydroxylation sites is 2. The molecule has 0 aliphatic carbocycles. The highest BCUT2D eigenvalue weighted by atomic mass is 16.3. The maximum atomic E-state index is 6.80. The molecule has 0 aliphatic heterocycles. The first-order valence-electron chi connectivity index (χ1n) is 18.1. The second-order valence-electron chi connectivity index (χ2n) is 13.4. The lowest BCUT2D eigenvalue weighted by Crippen LogP contribution is -2.00. The molecule has 0 saturated carbocycles. The standard InChI is InChI=1S/C49H31N5O/c1-2-9-34(10-3-1)47-52-48(35-23-19-32(20-24-35)39-13-7-27-50-30-39)54-49(53-47)36-25-21-33(22-26-36)41-15-5-17-43-44-18-6-16-42(46(44)55-45(41)43)38-12-4-11-37(29-38)40-14-8-28-51-31-40/h1-31H. The molecule has 4 aromatic heterocycles. The first-order valence-corrected chi connectivity index (χ1v) is 18.1. The Morgan fingerprint density at radius 2 is 0.745 bits per heavy atom. The van der Waals surface area contributed by atoms with Gasteiger partial charge in [-0.25, -0.2) is 15.0 Å². The van der Waals surface area contributed by atoms with Crippen LogP contribution in [-0.2, 0) is 0 Å². The number of nitrogens with zero attached hydrogens (tertiary/aromatic N) is 5. The van der Waals surface area contributed by atoms with E-state index in [9.17, 15) is 0 Å². The van der Waals surface area contributed by atoms with Crippen molar-refractivity contribution in [3.8, 4) is 78.7 Å². The molecule has 6 nitrogen and oxygen atoms in total. The van der Waals surface area contributed by atoms with Crippen molar-refractivity contribution in [3.63, 3.8) is 0 Å². The zero-order chi connectivity index (χ0) is 36.6. The Bertz CT molecular complexity index is 2940. The van der Waals surface area contributed by atoms with Crippen LogP contribution >= 0.6 is 0 Å². The number of hydrogen-bond donors (Lipinski definition) is 0. The molecule has 0 amide bonds. The van der Waals surface area contributed by atoms with E-state index in [4.69, 9.17) is 19.4 Å². The first kappa shape index (κ1) is 32.1. The fourth-order valence-electron chi connectivity index (χ4n) is 7.17. The lowest BCUT2D eigenvalue weighted by atomic mass is 9.97. The van der Waals surface area contributed by atoms with Crippen molar-refractivity contribution in [3.05, 3.63) is 189 Å². The molecule has 0 N–H and O–H groups in total. The van der Waals surface area contributed by atoms with Crippen LogP contribution in [0.1, 0.15) is 0 Å². The largest absolute Gasteiger partial charge is 0.455 e. The summed E-state index contributed by atoms with van der Waals surface area (Å²) in [6.07, 6.45) is 7.33. The molecule has 6 aromatic carbocycles. The Morgan fingerprint density at radius 3 is 1.31 bits per heavy atom. The highest BCUT2D eigenvalue weighted by molar-refractivity contribution is 6.13. The molecule has 6 heteroatoms. The quantitative estimate of drug-likeness (QED) is 0.164. The number of hydrogen-bond acceptors (Lipinski definition) is 6. The normalized spacial score (nSPS) is 11.3. The molecular formula is C49H31N5O. The molecule has 0 bridgehead atoms. The summed E-state index contributed by atoms with van der Waals surface area (Å²) in [6.45, 7) is 0. The Hall–Kier alpha value is -7.57. The van der Waals surface area contributed by atoms with Crippen molar-refractivity contribution in [1.29, 1.82) is 0 Å². The van der Waals surface area contributed by atoms with Gasteiger partial charge in [-0.15, -0.1) is 0 Å². The second kappa shape index (κ2) is 13.8. The monoisotopic (exact) mass is 705 g/mol. The number of benzene rings is 6. The van der Waals surface area contributed by atoms with Gasteiger partial charge in [0.05, 0.1) is 0 Å². The zero-order valence-corrected chi connectivity index (χ0v) is 29.5. The fourth-order valence-corrected chi connectivity index (χ4v) is 7.17. The molecule has 258 valence electrons. The summed E-state index contributed by atoms with van der Waals surface area (Å²) in [7, 11) is 0. The number of furan rings is 1. The maximum Gasteiger partial charge on any atom is 0.164 e. The van der Waals surface area contributed by atoms with E-state index in [2.05, 4.69) is 131 Å². The van der Waals surface area contributed by atoms with E-state index in [1.54, 1.807) is 12.4 Å². The second-order valence-corrected chi connectivity index (χ2v) is 13.4. The number of aromatic nitrogens is 5. The highest BCUT2D eigenvalue weighted by Gasteiger charge is 2.17. The van der Waals surface area contributed by atoms with Crippen LogP contribution in [0.15, 0.2) is 193 Å². The lowest BCUT2D eigenvalue weighted by Gasteiger charge is -2.10. The third kappa shape index (κ3) is 6.11. The van der Waals surface area contributed by atoms with Crippen molar-refractivity contribution >= 4 is 21.9 Å². The SMILES string of the molecule is c1ccc(-c2nc(-c3ccc(-c4cccnc4)cc3)nc(-c3ccc(-c4cccc5c4oc4c(-c6cccc(-c7cccnc7)c6)cccc45)cc3)n2)cc1. The van der Waals surface area contributed by atoms with Crippen LogP contribution in [-0.4, -0.2) is 24.9 Å². The summed E-state index contributed by atoms with van der Waals surface area (Å²) in [5, 5.41) is 2.16. The molecule has 0 spiro atoms. The molecule has 55 heavy (non-hydrogen) atoms. The Morgan fingerprint density at radius 1 is 0.309 bits per heavy atom. The van der Waals surface area contributed by atoms with Gasteiger partial charge in [-0.05, 0) is 46.0 Å². The highest BCUT2D eigenvalue weighted by Crippen LogP contribution is 2.41. The Labute approximate surface area is 317 Å². The molecule has 4 heterocycles. The molecule has 0 aliphatic rings. The van der Waals surface area contributed by atoms with Gasteiger partial charge < -0.3 is 4.42 Å². The summed E-state index contributed by atoms with van der Waals surface area (Å²) in [5.41, 5.74) is 13.0. The number of rotatable bonds is 7. The lowest BCUT2D eigenvalue weighted by molar-refractivity contribution is 0.671. The molecule has 10 rings (SSSR count). The average molecular weight is 706 g/mol. The van der Waals surface area contributed by atoms with Crippen LogP contribution in [0.25, 0.3) is 101 Å². The van der Waals surface area contributed by atoms with Crippen molar-refractivity contribution in [1.82, 2.24) is 24.9 Å². The van der Waals surface area contributed by atoms with E-state index in [1.165, 1.54) is 0 Å². The Balaban J connectivity index is 1.02. The maximum absolute atomic E-state index is 6.80. The van der Waals surface area contributed by atoms with Gasteiger partial charge in [0.2, 0.25) is 0 Å². The smallest absolute Gasteiger partial charge is 0.164 e. The van der Waals surface area contributed by atoms with Crippen LogP contribution in [0.5, 0.6) is 0 Å². The van der Waals surface area contributed by atoms with Gasteiger partial charge in [0.1, 0.15) is 11.2 Å². The summed E-state index contributed by atoms with van der Waals surface area (Å²) in [4.78, 5) is 23.5. The third-order valence-corrected chi connectivity index (χ3v) is 9.95. The minimum atomic E-state index is 0.604. The number of fused-ring (bicyclic) bond motifs is 3. The van der Waals surface area contributed by atoms with Crippen molar-refractivity contribution in [2.75, 3.05) is 0 Å². The molecule has 0 atom stereocenters. The minimum Gasteiger partial charge on any atom is -0.455 e. The van der Waals surface area contributed by atoms with Gasteiger partial charge in [0.25, 0.3) is 0 Å². The summed E-state index contributed by atoms with van der Waals surface area (Å²) < 4.78 is 6.80. The van der Waals surface area contributed by atoms with Crippen LogP contribution in [0, 0.1) is 0 Å². The predicted molar refractivity (Wildman–Crippen MR) is 221 cm³/mol. The van der Waals surface area contributed by atoms with Gasteiger partial charge in [0.15, 0.2) is 17.5 Å². The Kier molecular flexibility index (Phi) is 8.04. The minimum absolute atomic E-state index is 0.604. The van der Waals surface area contributed by atoms with Crippen molar-refractivity contribution < 1.29 is 4.42 Å². The zero-order valence-electron chi connectivity index (χ0n) is 29.5. The van der Waals surface area contributed by atoms with Gasteiger partial charge in [-0.2, -0.15) is 0 Å². The van der Waals surface area contributed by atoms with Gasteiger partial charge in [0, 0.05) is 68.9 Å². The topological polar surface area (TPSA) is 77.6 Å². The molecule has 0 saturated heterocycles. The van der Waals surface area contributed by atoms with E-state index in [1.807, 2.05) is 54.9 Å². The van der Waals surface area contributed by atoms with Crippen LogP contribution in [0.2, 0.25) is 0 Å². The van der Waals surface area contributed by atoms with Crippen LogP contribution < -0.4 is 0 Å². The van der Waals surface area contributed by atoms with Gasteiger partial charge >= 0.3 is 0 Å². The summed E-state index contributed by atoms with van der Waals surface area (Å²) in [5.74, 6) is 1.83. The van der Waals surface area contributed by atoms with E-state index in [0.29, 0.717) is 17.5 Å². The first-order chi connectivity index (χ1) is 27.2. The van der Waals surface area contributed by atoms with Gasteiger partial charge in [-0.1, -0.05) is 146 Å². The predicted octanol–water partition coefficient (Wildman–Crippen LogP) is 12.2. The van der Waals surface area contributed by atoms with Gasteiger partial charge in [-0.3, -0.25) is 9.97 Å². The molecule has 0 radical (unpaired) electrons. The summed E-state index contributed by atoms with van der Waals surface area (Å²) >= 11 is 0. The van der Waals surface area contributed by atoms with E-state index >= 15 is 0 Å². The van der Waals surface area contributed by atoms with E-state index < -0.39 is 0 Å². The van der Waals surface area contributed by atoms with Crippen molar-refractivity contribution in [2.24, 2.45) is 0 Å². The summed E-state index contributed by atoms with van der Waals surface area (Å²) in [6, 6.07) is 56.0. The third-order valence-electron chi connectivity index (χ3n) is 9.95. The van der Waals surface area contributed by atoms with Crippen LogP contribution in [0.4, 0.5) is 0 Å². The average Bonchev–Trinajstić information content (AvgIpc) is 3.67. The molecule has 0 unspecified atom stereocenters. The fraction of sp³-hybridized carbons (Fsp3) is 0. The van der Waals surface area contributed by atoms with E-state index in [-0.39, 0.29) is 0 Å². The van der Waals surface area contributed by atoms with Crippen molar-refractivity contribution in [2.45, 2.75) is 0 Å². The van der Waals surface area contributed by atoms with E-state index in [0.717, 1.165) is 83.1 Å².